The Morgan fingerprint density at radius 2 is 1.76 bits per heavy atom. The number of halogens is 4. The molecule has 0 atom stereocenters. The van der Waals surface area contributed by atoms with Crippen LogP contribution in [0.1, 0.15) is 26.3 Å². The number of hydrogen-bond acceptors (Lipinski definition) is 6. The number of fused-ring (bicyclic) bond motifs is 1. The van der Waals surface area contributed by atoms with E-state index in [1.54, 1.807) is 24.3 Å². The van der Waals surface area contributed by atoms with Gasteiger partial charge in [-0.3, -0.25) is 9.59 Å². The van der Waals surface area contributed by atoms with E-state index in [0.717, 1.165) is 6.07 Å². The SMILES string of the molecule is COc1ccc(C(N)=O)cc1/N=N\c1c(O)c(C(=O)Nc2ccc(Cl)c(C(F)(F)F)c2)cc2ccccc12. The van der Waals surface area contributed by atoms with Crippen molar-refractivity contribution in [1.29, 1.82) is 0 Å². The summed E-state index contributed by atoms with van der Waals surface area (Å²) >= 11 is 5.65. The molecule has 0 bridgehead atoms. The smallest absolute Gasteiger partial charge is 0.417 e. The van der Waals surface area contributed by atoms with Crippen molar-refractivity contribution in [3.63, 3.8) is 0 Å². The van der Waals surface area contributed by atoms with Crippen LogP contribution in [0.5, 0.6) is 11.5 Å². The summed E-state index contributed by atoms with van der Waals surface area (Å²) in [6.07, 6.45) is -4.73. The second-order valence-electron chi connectivity index (χ2n) is 7.94. The Kier molecular flexibility index (Phi) is 7.22. The summed E-state index contributed by atoms with van der Waals surface area (Å²) in [6.45, 7) is 0. The van der Waals surface area contributed by atoms with Gasteiger partial charge in [0.25, 0.3) is 5.91 Å². The molecule has 0 fully saturated rings. The molecule has 0 aliphatic heterocycles. The average molecular weight is 543 g/mol. The monoisotopic (exact) mass is 542 g/mol. The molecule has 4 aromatic rings. The maximum absolute atomic E-state index is 13.2. The van der Waals surface area contributed by atoms with Gasteiger partial charge in [0.15, 0.2) is 5.75 Å². The maximum atomic E-state index is 13.2. The van der Waals surface area contributed by atoms with Crippen molar-refractivity contribution < 1.29 is 32.6 Å². The molecule has 0 radical (unpaired) electrons. The number of primary amides is 1. The van der Waals surface area contributed by atoms with Gasteiger partial charge >= 0.3 is 6.18 Å². The van der Waals surface area contributed by atoms with Gasteiger partial charge < -0.3 is 20.9 Å². The second-order valence-corrected chi connectivity index (χ2v) is 8.35. The number of benzene rings is 4. The van der Waals surface area contributed by atoms with Crippen LogP contribution in [0.2, 0.25) is 5.02 Å². The fourth-order valence-corrected chi connectivity index (χ4v) is 3.86. The van der Waals surface area contributed by atoms with Gasteiger partial charge in [-0.2, -0.15) is 13.2 Å². The number of anilines is 1. The standard InChI is InChI=1S/C26H18ClF3N4O4/c1-38-21-9-6-14(24(31)36)11-20(21)33-34-22-16-5-3-2-4-13(16)10-17(23(22)35)25(37)32-15-7-8-19(27)18(12-15)26(28,29)30/h2-12,35H,1H3,(H2,31,36)(H,32,37)/b34-33-. The predicted octanol–water partition coefficient (Wildman–Crippen LogP) is 6.99. The maximum Gasteiger partial charge on any atom is 0.417 e. The Morgan fingerprint density at radius 1 is 1.03 bits per heavy atom. The number of nitrogens with one attached hydrogen (secondary N) is 1. The molecule has 0 unspecified atom stereocenters. The Balaban J connectivity index is 1.78. The van der Waals surface area contributed by atoms with Crippen LogP contribution in [-0.2, 0) is 6.18 Å². The lowest BCUT2D eigenvalue weighted by Crippen LogP contribution is -2.14. The van der Waals surface area contributed by atoms with E-state index < -0.39 is 34.3 Å². The number of hydrogen-bond donors (Lipinski definition) is 3. The van der Waals surface area contributed by atoms with Crippen molar-refractivity contribution in [2.75, 3.05) is 12.4 Å². The molecule has 4 N–H and O–H groups in total. The number of phenolic OH excluding ortho intramolecular Hbond substituents is 1. The Bertz CT molecular complexity index is 1610. The number of amides is 2. The zero-order valence-electron chi connectivity index (χ0n) is 19.5. The molecule has 4 rings (SSSR count). The number of carbonyl (C=O) groups is 2. The van der Waals surface area contributed by atoms with E-state index in [-0.39, 0.29) is 33.9 Å². The first kappa shape index (κ1) is 26.4. The van der Waals surface area contributed by atoms with E-state index >= 15 is 0 Å². The normalized spacial score (nSPS) is 11.6. The molecular weight excluding hydrogens is 525 g/mol. The molecule has 4 aromatic carbocycles. The molecule has 0 heterocycles. The predicted molar refractivity (Wildman–Crippen MR) is 136 cm³/mol. The third kappa shape index (κ3) is 5.37. The molecule has 0 aromatic heterocycles. The van der Waals surface area contributed by atoms with E-state index in [2.05, 4.69) is 15.5 Å². The molecule has 0 aliphatic rings. The summed E-state index contributed by atoms with van der Waals surface area (Å²) in [7, 11) is 1.39. The first-order valence-corrected chi connectivity index (χ1v) is 11.2. The van der Waals surface area contributed by atoms with Crippen LogP contribution in [-0.4, -0.2) is 24.0 Å². The summed E-state index contributed by atoms with van der Waals surface area (Å²) in [5, 5.41) is 21.9. The van der Waals surface area contributed by atoms with Crippen LogP contribution in [0.15, 0.2) is 77.0 Å². The minimum atomic E-state index is -4.73. The number of rotatable bonds is 6. The topological polar surface area (TPSA) is 126 Å². The number of aromatic hydroxyl groups is 1. The Hall–Kier alpha value is -4.64. The van der Waals surface area contributed by atoms with E-state index in [1.165, 1.54) is 37.4 Å². The highest BCUT2D eigenvalue weighted by atomic mass is 35.5. The summed E-state index contributed by atoms with van der Waals surface area (Å²) in [4.78, 5) is 24.6. The highest BCUT2D eigenvalue weighted by Gasteiger charge is 2.33. The molecule has 12 heteroatoms. The quantitative estimate of drug-likeness (QED) is 0.227. The number of methoxy groups -OCH3 is 1. The van der Waals surface area contributed by atoms with Gasteiger partial charge in [-0.1, -0.05) is 35.9 Å². The van der Waals surface area contributed by atoms with E-state index in [1.807, 2.05) is 0 Å². The summed E-state index contributed by atoms with van der Waals surface area (Å²) in [5.41, 5.74) is 3.94. The minimum absolute atomic E-state index is 0.0909. The molecule has 2 amide bonds. The second kappa shape index (κ2) is 10.4. The van der Waals surface area contributed by atoms with Gasteiger partial charge in [0.05, 0.1) is 23.3 Å². The number of phenols is 1. The summed E-state index contributed by atoms with van der Waals surface area (Å²) in [6, 6.07) is 15.2. The molecule has 0 saturated heterocycles. The fourth-order valence-electron chi connectivity index (χ4n) is 3.64. The van der Waals surface area contributed by atoms with Crippen molar-refractivity contribution in [3.05, 3.63) is 88.4 Å². The third-order valence-electron chi connectivity index (χ3n) is 5.49. The van der Waals surface area contributed by atoms with Gasteiger partial charge in [0.2, 0.25) is 5.91 Å². The van der Waals surface area contributed by atoms with Gasteiger partial charge in [0.1, 0.15) is 17.1 Å². The van der Waals surface area contributed by atoms with Crippen LogP contribution in [0.3, 0.4) is 0 Å². The number of carbonyl (C=O) groups excluding carboxylic acids is 2. The van der Waals surface area contributed by atoms with Crippen molar-refractivity contribution in [1.82, 2.24) is 0 Å². The van der Waals surface area contributed by atoms with Crippen LogP contribution in [0.4, 0.5) is 30.2 Å². The zero-order valence-corrected chi connectivity index (χ0v) is 20.3. The number of alkyl halides is 3. The van der Waals surface area contributed by atoms with Crippen molar-refractivity contribution in [2.24, 2.45) is 16.0 Å². The van der Waals surface area contributed by atoms with Crippen LogP contribution in [0.25, 0.3) is 10.8 Å². The van der Waals surface area contributed by atoms with Crippen molar-refractivity contribution in [2.45, 2.75) is 6.18 Å². The molecule has 0 spiro atoms. The molecule has 194 valence electrons. The van der Waals surface area contributed by atoms with Gasteiger partial charge in [-0.15, -0.1) is 10.2 Å². The Labute approximate surface area is 218 Å². The average Bonchev–Trinajstić information content (AvgIpc) is 2.88. The third-order valence-corrected chi connectivity index (χ3v) is 5.82. The first-order valence-electron chi connectivity index (χ1n) is 10.8. The molecule has 8 nitrogen and oxygen atoms in total. The zero-order chi connectivity index (χ0) is 27.6. The lowest BCUT2D eigenvalue weighted by Gasteiger charge is -2.13. The van der Waals surface area contributed by atoms with E-state index in [4.69, 9.17) is 22.1 Å². The van der Waals surface area contributed by atoms with Crippen LogP contribution < -0.4 is 15.8 Å². The molecular formula is C26H18ClF3N4O4. The van der Waals surface area contributed by atoms with Crippen LogP contribution in [0, 0.1) is 0 Å². The highest BCUT2D eigenvalue weighted by molar-refractivity contribution is 6.31. The van der Waals surface area contributed by atoms with Crippen molar-refractivity contribution >= 4 is 51.2 Å². The molecule has 0 saturated carbocycles. The number of nitrogens with zero attached hydrogens (tertiary/aromatic N) is 2. The number of nitrogens with two attached hydrogens (primary N) is 1. The lowest BCUT2D eigenvalue weighted by atomic mass is 10.0. The van der Waals surface area contributed by atoms with E-state index in [0.29, 0.717) is 16.8 Å². The highest BCUT2D eigenvalue weighted by Crippen LogP contribution is 2.41. The lowest BCUT2D eigenvalue weighted by molar-refractivity contribution is -0.137. The minimum Gasteiger partial charge on any atom is -0.505 e. The number of azo groups is 1. The van der Waals surface area contributed by atoms with Crippen LogP contribution >= 0.6 is 11.6 Å². The fraction of sp³-hybridized carbons (Fsp3) is 0.0769. The Morgan fingerprint density at radius 3 is 2.45 bits per heavy atom. The first-order chi connectivity index (χ1) is 18.0. The van der Waals surface area contributed by atoms with E-state index in [9.17, 15) is 27.9 Å². The van der Waals surface area contributed by atoms with Gasteiger partial charge in [0, 0.05) is 16.6 Å². The summed E-state index contributed by atoms with van der Waals surface area (Å²) in [5.74, 6) is -1.90. The molecule has 38 heavy (non-hydrogen) atoms. The van der Waals surface area contributed by atoms with Gasteiger partial charge in [-0.25, -0.2) is 0 Å². The summed E-state index contributed by atoms with van der Waals surface area (Å²) < 4.78 is 44.9. The van der Waals surface area contributed by atoms with Gasteiger partial charge in [-0.05, 0) is 47.9 Å². The molecule has 0 aliphatic carbocycles. The largest absolute Gasteiger partial charge is 0.505 e. The van der Waals surface area contributed by atoms with Crippen molar-refractivity contribution in [3.8, 4) is 11.5 Å². The number of ether oxygens (including phenoxy) is 1.